The third-order valence-electron chi connectivity index (χ3n) is 1.86. The van der Waals surface area contributed by atoms with Gasteiger partial charge in [0, 0.05) is 0 Å². The first-order chi connectivity index (χ1) is 6.95. The molecule has 0 aliphatic carbocycles. The molecule has 0 aromatic heterocycles. The fraction of sp³-hybridized carbons (Fsp3) is 0.900. The van der Waals surface area contributed by atoms with Gasteiger partial charge in [-0.2, -0.15) is 13.2 Å². The summed E-state index contributed by atoms with van der Waals surface area (Å²) in [4.78, 5) is 10.6. The minimum absolute atomic E-state index is 0.0959. The van der Waals surface area contributed by atoms with Gasteiger partial charge in [0.15, 0.2) is 0 Å². The second-order valence-electron chi connectivity index (χ2n) is 3.43. The Morgan fingerprint density at radius 1 is 1.13 bits per heavy atom. The van der Waals surface area contributed by atoms with Gasteiger partial charge in [0.25, 0.3) is 0 Å². The Kier molecular flexibility index (Phi) is 7.17. The van der Waals surface area contributed by atoms with Crippen molar-refractivity contribution in [1.29, 1.82) is 0 Å². The molecule has 0 heterocycles. The summed E-state index contributed by atoms with van der Waals surface area (Å²) in [6, 6.07) is 0. The van der Waals surface area contributed by atoms with Crippen LogP contribution in [-0.2, 0) is 9.53 Å². The van der Waals surface area contributed by atoms with Crippen molar-refractivity contribution < 1.29 is 22.7 Å². The molecule has 5 heteroatoms. The Labute approximate surface area is 87.8 Å². The number of carbonyl (C=O) groups excluding carboxylic acids is 1. The highest BCUT2D eigenvalue weighted by Gasteiger charge is 2.31. The molecule has 0 N–H and O–H groups in total. The van der Waals surface area contributed by atoms with Crippen LogP contribution in [0.3, 0.4) is 0 Å². The molecule has 0 aromatic rings. The smallest absolute Gasteiger partial charge is 0.399 e. The quantitative estimate of drug-likeness (QED) is 0.491. The molecule has 0 spiro atoms. The van der Waals surface area contributed by atoms with Gasteiger partial charge in [0.1, 0.15) is 6.42 Å². The Hall–Kier alpha value is -0.740. The van der Waals surface area contributed by atoms with Crippen LogP contribution in [-0.4, -0.2) is 18.8 Å². The van der Waals surface area contributed by atoms with Crippen molar-refractivity contribution >= 4 is 5.97 Å². The van der Waals surface area contributed by atoms with Crippen molar-refractivity contribution in [3.05, 3.63) is 0 Å². The van der Waals surface area contributed by atoms with Crippen LogP contribution in [0.5, 0.6) is 0 Å². The Morgan fingerprint density at radius 2 is 1.73 bits per heavy atom. The van der Waals surface area contributed by atoms with E-state index in [4.69, 9.17) is 0 Å². The van der Waals surface area contributed by atoms with Crippen LogP contribution in [0.1, 0.15) is 45.4 Å². The van der Waals surface area contributed by atoms with Crippen LogP contribution >= 0.6 is 0 Å². The Bertz CT molecular complexity index is 178. The Morgan fingerprint density at radius 3 is 2.27 bits per heavy atom. The molecule has 15 heavy (non-hydrogen) atoms. The molecule has 0 aliphatic heterocycles. The molecule has 0 rings (SSSR count). The molecular weight excluding hydrogens is 209 g/mol. The van der Waals surface area contributed by atoms with Crippen molar-refractivity contribution in [2.24, 2.45) is 0 Å². The summed E-state index contributed by atoms with van der Waals surface area (Å²) >= 11 is 0. The predicted molar refractivity (Wildman–Crippen MR) is 50.4 cm³/mol. The molecule has 0 aliphatic rings. The molecular formula is C10H17F3O2. The van der Waals surface area contributed by atoms with Crippen molar-refractivity contribution in [2.45, 2.75) is 51.6 Å². The summed E-state index contributed by atoms with van der Waals surface area (Å²) in [7, 11) is 0. The van der Waals surface area contributed by atoms with E-state index in [1.807, 2.05) is 0 Å². The molecule has 0 atom stereocenters. The maximum absolute atomic E-state index is 11.7. The maximum Gasteiger partial charge on any atom is 0.399 e. The summed E-state index contributed by atoms with van der Waals surface area (Å²) in [5.74, 6) is -1.18. The van der Waals surface area contributed by atoms with E-state index in [9.17, 15) is 18.0 Å². The van der Waals surface area contributed by atoms with Crippen molar-refractivity contribution in [3.63, 3.8) is 0 Å². The number of hydrogen-bond donors (Lipinski definition) is 0. The van der Waals surface area contributed by atoms with Crippen LogP contribution in [0.15, 0.2) is 0 Å². The lowest BCUT2D eigenvalue weighted by atomic mass is 10.2. The topological polar surface area (TPSA) is 26.3 Å². The van der Waals surface area contributed by atoms with E-state index in [1.165, 1.54) is 0 Å². The van der Waals surface area contributed by atoms with Gasteiger partial charge in [0.2, 0.25) is 0 Å². The summed E-state index contributed by atoms with van der Waals surface area (Å²) in [6.45, 7) is 2.17. The van der Waals surface area contributed by atoms with Crippen LogP contribution in [0.25, 0.3) is 0 Å². The molecule has 0 amide bonds. The summed E-state index contributed by atoms with van der Waals surface area (Å²) in [6.07, 6.45) is -1.16. The van der Waals surface area contributed by atoms with Crippen LogP contribution in [0, 0.1) is 0 Å². The van der Waals surface area contributed by atoms with Gasteiger partial charge in [-0.25, -0.2) is 0 Å². The summed E-state index contributed by atoms with van der Waals surface area (Å²) < 4.78 is 39.5. The zero-order valence-electron chi connectivity index (χ0n) is 8.90. The molecule has 0 bridgehead atoms. The second kappa shape index (κ2) is 7.54. The molecule has 0 aromatic carbocycles. The summed E-state index contributed by atoms with van der Waals surface area (Å²) in [5.41, 5.74) is 0. The highest BCUT2D eigenvalue weighted by molar-refractivity contribution is 5.70. The zero-order valence-corrected chi connectivity index (χ0v) is 8.90. The van der Waals surface area contributed by atoms with Crippen molar-refractivity contribution in [1.82, 2.24) is 0 Å². The first-order valence-electron chi connectivity index (χ1n) is 5.18. The van der Waals surface area contributed by atoms with Gasteiger partial charge in [-0.1, -0.05) is 32.6 Å². The fourth-order valence-electron chi connectivity index (χ4n) is 1.11. The number of carbonyl (C=O) groups is 1. The minimum atomic E-state index is -4.46. The standard InChI is InChI=1S/C10H17F3O2/c1-2-3-4-5-6-7-15-9(14)8-10(11,12)13/h2-8H2,1H3. The van der Waals surface area contributed by atoms with Gasteiger partial charge in [-0.3, -0.25) is 4.79 Å². The van der Waals surface area contributed by atoms with Gasteiger partial charge < -0.3 is 4.74 Å². The molecule has 90 valence electrons. The minimum Gasteiger partial charge on any atom is -0.465 e. The molecule has 0 unspecified atom stereocenters. The molecule has 2 nitrogen and oxygen atoms in total. The molecule has 0 saturated heterocycles. The van der Waals surface area contributed by atoms with E-state index >= 15 is 0 Å². The first kappa shape index (κ1) is 14.3. The van der Waals surface area contributed by atoms with Gasteiger partial charge in [-0.05, 0) is 6.42 Å². The normalized spacial score (nSPS) is 11.5. The number of rotatable bonds is 7. The number of unbranched alkanes of at least 4 members (excludes halogenated alkanes) is 4. The molecule has 0 saturated carbocycles. The second-order valence-corrected chi connectivity index (χ2v) is 3.43. The SMILES string of the molecule is CCCCCCCOC(=O)CC(F)(F)F. The molecule has 0 radical (unpaired) electrons. The maximum atomic E-state index is 11.7. The predicted octanol–water partition coefficient (Wildman–Crippen LogP) is 3.45. The molecule has 0 fully saturated rings. The van der Waals surface area contributed by atoms with Gasteiger partial charge in [-0.15, -0.1) is 0 Å². The van der Waals surface area contributed by atoms with Crippen LogP contribution in [0.4, 0.5) is 13.2 Å². The monoisotopic (exact) mass is 226 g/mol. The van der Waals surface area contributed by atoms with E-state index in [0.717, 1.165) is 25.7 Å². The van der Waals surface area contributed by atoms with E-state index in [-0.39, 0.29) is 6.61 Å². The van der Waals surface area contributed by atoms with Gasteiger partial charge >= 0.3 is 12.1 Å². The third-order valence-corrected chi connectivity index (χ3v) is 1.86. The average Bonchev–Trinajstić information content (AvgIpc) is 2.08. The summed E-state index contributed by atoms with van der Waals surface area (Å²) in [5, 5.41) is 0. The average molecular weight is 226 g/mol. The lowest BCUT2D eigenvalue weighted by Crippen LogP contribution is -2.17. The Balaban J connectivity index is 3.32. The van der Waals surface area contributed by atoms with Gasteiger partial charge in [0.05, 0.1) is 6.61 Å². The van der Waals surface area contributed by atoms with Crippen LogP contribution in [0.2, 0.25) is 0 Å². The van der Waals surface area contributed by atoms with Crippen LogP contribution < -0.4 is 0 Å². The van der Waals surface area contributed by atoms with E-state index in [0.29, 0.717) is 6.42 Å². The highest BCUT2D eigenvalue weighted by Crippen LogP contribution is 2.19. The zero-order chi connectivity index (χ0) is 11.7. The third kappa shape index (κ3) is 11.2. The highest BCUT2D eigenvalue weighted by atomic mass is 19.4. The lowest BCUT2D eigenvalue weighted by Gasteiger charge is -2.06. The van der Waals surface area contributed by atoms with Crippen molar-refractivity contribution in [2.75, 3.05) is 6.61 Å². The number of esters is 1. The lowest BCUT2D eigenvalue weighted by molar-refractivity contribution is -0.171. The van der Waals surface area contributed by atoms with E-state index < -0.39 is 18.6 Å². The fourth-order valence-corrected chi connectivity index (χ4v) is 1.11. The number of halogens is 3. The number of hydrogen-bond acceptors (Lipinski definition) is 2. The largest absolute Gasteiger partial charge is 0.465 e. The number of alkyl halides is 3. The van der Waals surface area contributed by atoms with Crippen molar-refractivity contribution in [3.8, 4) is 0 Å². The van der Waals surface area contributed by atoms with E-state index in [2.05, 4.69) is 11.7 Å². The number of ether oxygens (including phenoxy) is 1. The first-order valence-corrected chi connectivity index (χ1v) is 5.18. The van der Waals surface area contributed by atoms with E-state index in [1.54, 1.807) is 0 Å².